The zero-order valence-corrected chi connectivity index (χ0v) is 12.0. The molecule has 19 heavy (non-hydrogen) atoms. The molecule has 1 aliphatic heterocycles. The Labute approximate surface area is 121 Å². The van der Waals surface area contributed by atoms with Crippen molar-refractivity contribution < 1.29 is 14.6 Å². The Morgan fingerprint density at radius 3 is 2.84 bits per heavy atom. The van der Waals surface area contributed by atoms with Crippen molar-refractivity contribution >= 4 is 29.2 Å². The van der Waals surface area contributed by atoms with Crippen molar-refractivity contribution in [1.82, 2.24) is 4.90 Å². The van der Waals surface area contributed by atoms with Crippen LogP contribution in [0.15, 0.2) is 18.2 Å². The fourth-order valence-electron chi connectivity index (χ4n) is 2.26. The van der Waals surface area contributed by atoms with Crippen molar-refractivity contribution in [2.45, 2.75) is 19.0 Å². The molecule has 1 heterocycles. The number of aliphatic carboxylic acids is 1. The van der Waals surface area contributed by atoms with Gasteiger partial charge in [0.15, 0.2) is 0 Å². The molecule has 1 N–H and O–H groups in total. The van der Waals surface area contributed by atoms with Crippen LogP contribution in [-0.2, 0) is 9.53 Å². The SMILES string of the molecule is CC(c1ccc(Cl)c(Cl)c1)N1CCOCC1C(=O)O. The fraction of sp³-hybridized carbons (Fsp3) is 0.462. The van der Waals surface area contributed by atoms with Crippen molar-refractivity contribution in [1.29, 1.82) is 0 Å². The lowest BCUT2D eigenvalue weighted by atomic mass is 10.0. The molecule has 1 fully saturated rings. The Hall–Kier alpha value is -0.810. The van der Waals surface area contributed by atoms with Crippen molar-refractivity contribution in [3.05, 3.63) is 33.8 Å². The second-order valence-electron chi connectivity index (χ2n) is 4.52. The molecule has 0 amide bonds. The number of carboxylic acid groups (broad SMARTS) is 1. The number of carboxylic acids is 1. The molecular formula is C13H15Cl2NO3. The molecule has 0 bridgehead atoms. The van der Waals surface area contributed by atoms with Crippen LogP contribution in [0.4, 0.5) is 0 Å². The van der Waals surface area contributed by atoms with Gasteiger partial charge in [0.05, 0.1) is 23.3 Å². The third kappa shape index (κ3) is 3.20. The minimum atomic E-state index is -0.869. The third-order valence-corrected chi connectivity index (χ3v) is 4.12. The van der Waals surface area contributed by atoms with Gasteiger partial charge in [0.1, 0.15) is 6.04 Å². The molecular weight excluding hydrogens is 289 g/mol. The molecule has 0 aliphatic carbocycles. The molecule has 1 aromatic carbocycles. The number of halogens is 2. The van der Waals surface area contributed by atoms with E-state index in [1.165, 1.54) is 0 Å². The number of rotatable bonds is 3. The second-order valence-corrected chi connectivity index (χ2v) is 5.33. The van der Waals surface area contributed by atoms with E-state index in [2.05, 4.69) is 0 Å². The van der Waals surface area contributed by atoms with Gasteiger partial charge >= 0.3 is 5.97 Å². The van der Waals surface area contributed by atoms with Crippen molar-refractivity contribution in [3.8, 4) is 0 Å². The minimum absolute atomic E-state index is 0.0558. The number of morpholine rings is 1. The van der Waals surface area contributed by atoms with E-state index in [0.717, 1.165) is 5.56 Å². The van der Waals surface area contributed by atoms with Gasteiger partial charge < -0.3 is 9.84 Å². The van der Waals surface area contributed by atoms with E-state index in [1.807, 2.05) is 17.9 Å². The topological polar surface area (TPSA) is 49.8 Å². The number of hydrogen-bond donors (Lipinski definition) is 1. The molecule has 0 aromatic heterocycles. The van der Waals surface area contributed by atoms with E-state index in [1.54, 1.807) is 12.1 Å². The van der Waals surface area contributed by atoms with E-state index in [4.69, 9.17) is 27.9 Å². The Morgan fingerprint density at radius 1 is 1.47 bits per heavy atom. The molecule has 2 rings (SSSR count). The summed E-state index contributed by atoms with van der Waals surface area (Å²) in [5.41, 5.74) is 0.947. The first kappa shape index (κ1) is 14.6. The second kappa shape index (κ2) is 6.09. The van der Waals surface area contributed by atoms with E-state index in [-0.39, 0.29) is 12.6 Å². The quantitative estimate of drug-likeness (QED) is 0.933. The summed E-state index contributed by atoms with van der Waals surface area (Å²) < 4.78 is 5.23. The zero-order valence-electron chi connectivity index (χ0n) is 10.5. The molecule has 0 radical (unpaired) electrons. The normalized spacial score (nSPS) is 22.2. The molecule has 2 atom stereocenters. The van der Waals surface area contributed by atoms with Crippen LogP contribution in [0.2, 0.25) is 10.0 Å². The highest BCUT2D eigenvalue weighted by atomic mass is 35.5. The van der Waals surface area contributed by atoms with Gasteiger partial charge in [-0.05, 0) is 24.6 Å². The van der Waals surface area contributed by atoms with Crippen LogP contribution in [0.3, 0.4) is 0 Å². The first-order chi connectivity index (χ1) is 9.00. The van der Waals surface area contributed by atoms with E-state index >= 15 is 0 Å². The van der Waals surface area contributed by atoms with E-state index in [0.29, 0.717) is 23.2 Å². The highest BCUT2D eigenvalue weighted by molar-refractivity contribution is 6.42. The molecule has 104 valence electrons. The smallest absolute Gasteiger partial charge is 0.323 e. The Kier molecular flexibility index (Phi) is 4.68. The van der Waals surface area contributed by atoms with Crippen LogP contribution >= 0.6 is 23.2 Å². The maximum atomic E-state index is 11.3. The van der Waals surface area contributed by atoms with Crippen LogP contribution in [-0.4, -0.2) is 41.8 Å². The van der Waals surface area contributed by atoms with Crippen LogP contribution < -0.4 is 0 Å². The molecule has 2 unspecified atom stereocenters. The van der Waals surface area contributed by atoms with Crippen LogP contribution in [0.5, 0.6) is 0 Å². The number of carbonyl (C=O) groups is 1. The Bertz CT molecular complexity index is 481. The summed E-state index contributed by atoms with van der Waals surface area (Å²) in [6.07, 6.45) is 0. The highest BCUT2D eigenvalue weighted by Crippen LogP contribution is 2.29. The predicted molar refractivity (Wildman–Crippen MR) is 73.8 cm³/mol. The standard InChI is InChI=1S/C13H15Cl2NO3/c1-8(9-2-3-10(14)11(15)6-9)16-4-5-19-7-12(16)13(17)18/h2-3,6,8,12H,4-5,7H2,1H3,(H,17,18). The summed E-state index contributed by atoms with van der Waals surface area (Å²) in [4.78, 5) is 13.2. The summed E-state index contributed by atoms with van der Waals surface area (Å²) in [5, 5.41) is 10.2. The van der Waals surface area contributed by atoms with Gasteiger partial charge in [-0.15, -0.1) is 0 Å². The first-order valence-electron chi connectivity index (χ1n) is 6.02. The summed E-state index contributed by atoms with van der Waals surface area (Å²) in [6.45, 7) is 3.29. The third-order valence-electron chi connectivity index (χ3n) is 3.38. The number of benzene rings is 1. The number of nitrogens with zero attached hydrogens (tertiary/aromatic N) is 1. The van der Waals surface area contributed by atoms with Gasteiger partial charge in [-0.2, -0.15) is 0 Å². The minimum Gasteiger partial charge on any atom is -0.480 e. The Morgan fingerprint density at radius 2 is 2.21 bits per heavy atom. The number of hydrogen-bond acceptors (Lipinski definition) is 3. The summed E-state index contributed by atoms with van der Waals surface area (Å²) in [6, 6.07) is 4.69. The zero-order chi connectivity index (χ0) is 14.0. The molecule has 1 aliphatic rings. The Balaban J connectivity index is 2.23. The van der Waals surface area contributed by atoms with Crippen LogP contribution in [0, 0.1) is 0 Å². The maximum absolute atomic E-state index is 11.3. The van der Waals surface area contributed by atoms with Gasteiger partial charge in [0.2, 0.25) is 0 Å². The van der Waals surface area contributed by atoms with Crippen molar-refractivity contribution in [2.75, 3.05) is 19.8 Å². The molecule has 1 saturated heterocycles. The number of ether oxygens (including phenoxy) is 1. The van der Waals surface area contributed by atoms with Crippen LogP contribution in [0.1, 0.15) is 18.5 Å². The molecule has 6 heteroatoms. The van der Waals surface area contributed by atoms with Crippen LogP contribution in [0.25, 0.3) is 0 Å². The van der Waals surface area contributed by atoms with E-state index < -0.39 is 12.0 Å². The average Bonchev–Trinajstić information content (AvgIpc) is 2.41. The molecule has 0 spiro atoms. The monoisotopic (exact) mass is 303 g/mol. The first-order valence-corrected chi connectivity index (χ1v) is 6.77. The lowest BCUT2D eigenvalue weighted by Gasteiger charge is -2.37. The summed E-state index contributed by atoms with van der Waals surface area (Å²) in [5.74, 6) is -0.869. The molecule has 0 saturated carbocycles. The van der Waals surface area contributed by atoms with E-state index in [9.17, 15) is 9.90 Å². The summed E-state index contributed by atoms with van der Waals surface area (Å²) in [7, 11) is 0. The predicted octanol–water partition coefficient (Wildman–Crippen LogP) is 2.84. The molecule has 1 aromatic rings. The fourth-order valence-corrected chi connectivity index (χ4v) is 2.56. The van der Waals surface area contributed by atoms with Crippen molar-refractivity contribution in [3.63, 3.8) is 0 Å². The van der Waals surface area contributed by atoms with Gasteiger partial charge in [-0.25, -0.2) is 0 Å². The van der Waals surface area contributed by atoms with Gasteiger partial charge in [-0.3, -0.25) is 9.69 Å². The maximum Gasteiger partial charge on any atom is 0.323 e. The molecule has 4 nitrogen and oxygen atoms in total. The van der Waals surface area contributed by atoms with Crippen molar-refractivity contribution in [2.24, 2.45) is 0 Å². The average molecular weight is 304 g/mol. The van der Waals surface area contributed by atoms with Gasteiger partial charge in [0.25, 0.3) is 0 Å². The van der Waals surface area contributed by atoms with Gasteiger partial charge in [0, 0.05) is 12.6 Å². The largest absolute Gasteiger partial charge is 0.480 e. The summed E-state index contributed by atoms with van der Waals surface area (Å²) >= 11 is 11.9. The van der Waals surface area contributed by atoms with Gasteiger partial charge in [-0.1, -0.05) is 29.3 Å². The lowest BCUT2D eigenvalue weighted by molar-refractivity contribution is -0.151. The lowest BCUT2D eigenvalue weighted by Crippen LogP contribution is -2.50. The highest BCUT2D eigenvalue weighted by Gasteiger charge is 2.33.